The fourth-order valence-electron chi connectivity index (χ4n) is 4.57. The second-order valence-corrected chi connectivity index (χ2v) is 8.44. The van der Waals surface area contributed by atoms with Gasteiger partial charge in [0.1, 0.15) is 11.8 Å². The Morgan fingerprint density at radius 3 is 2.88 bits per heavy atom. The van der Waals surface area contributed by atoms with Crippen molar-refractivity contribution in [2.75, 3.05) is 25.4 Å². The Bertz CT molecular complexity index is 1420. The summed E-state index contributed by atoms with van der Waals surface area (Å²) in [5, 5.41) is 13.8. The molecule has 8 nitrogen and oxygen atoms in total. The molecule has 5 aromatic rings. The number of ether oxygens (including phenoxy) is 1. The summed E-state index contributed by atoms with van der Waals surface area (Å²) in [6.45, 7) is 3.18. The highest BCUT2D eigenvalue weighted by Crippen LogP contribution is 2.32. The standard InChI is InChI=1S/C25H25N7O/c26-25-24-22(12-20(32(24)29-16-28-25)11-21-13-27-8-9-33-21)18-6-7-19-15-31(30-23(19)10-18)14-17-4-2-1-3-5-17/h1-7,10,12,15-16,21,27H,8-9,11,13-14H2,(H2,26,28,29). The van der Waals surface area contributed by atoms with Crippen LogP contribution in [-0.2, 0) is 17.7 Å². The normalized spacial score (nSPS) is 16.5. The van der Waals surface area contributed by atoms with Gasteiger partial charge in [0, 0.05) is 42.4 Å². The molecule has 0 aliphatic carbocycles. The predicted molar refractivity (Wildman–Crippen MR) is 128 cm³/mol. The van der Waals surface area contributed by atoms with Gasteiger partial charge in [-0.3, -0.25) is 4.68 Å². The van der Waals surface area contributed by atoms with Gasteiger partial charge < -0.3 is 15.8 Å². The molecule has 1 unspecified atom stereocenters. The first-order valence-electron chi connectivity index (χ1n) is 11.2. The lowest BCUT2D eigenvalue weighted by molar-refractivity contribution is 0.0284. The number of aromatic nitrogens is 5. The summed E-state index contributed by atoms with van der Waals surface area (Å²) in [7, 11) is 0. The SMILES string of the molecule is Nc1ncnn2c(CC3CNCCO3)cc(-c3ccc4cn(Cc5ccccc5)nc4c3)c12. The highest BCUT2D eigenvalue weighted by molar-refractivity contribution is 5.92. The van der Waals surface area contributed by atoms with Gasteiger partial charge >= 0.3 is 0 Å². The maximum Gasteiger partial charge on any atom is 0.151 e. The summed E-state index contributed by atoms with van der Waals surface area (Å²) in [5.74, 6) is 0.462. The molecule has 1 saturated heterocycles. The van der Waals surface area contributed by atoms with Crippen molar-refractivity contribution >= 4 is 22.2 Å². The molecule has 0 bridgehead atoms. The molecule has 0 saturated carbocycles. The fraction of sp³-hybridized carbons (Fsp3) is 0.240. The molecule has 0 spiro atoms. The Balaban J connectivity index is 1.38. The topological polar surface area (TPSA) is 95.3 Å². The molecular weight excluding hydrogens is 414 g/mol. The Hall–Kier alpha value is -3.75. The molecule has 0 radical (unpaired) electrons. The van der Waals surface area contributed by atoms with Crippen molar-refractivity contribution in [3.8, 4) is 11.1 Å². The van der Waals surface area contributed by atoms with Crippen molar-refractivity contribution in [1.29, 1.82) is 0 Å². The van der Waals surface area contributed by atoms with Crippen LogP contribution in [0.1, 0.15) is 11.3 Å². The van der Waals surface area contributed by atoms with E-state index in [4.69, 9.17) is 15.6 Å². The number of nitrogens with one attached hydrogen (secondary N) is 1. The van der Waals surface area contributed by atoms with Gasteiger partial charge in [-0.1, -0.05) is 42.5 Å². The number of benzene rings is 2. The van der Waals surface area contributed by atoms with E-state index in [-0.39, 0.29) is 6.10 Å². The van der Waals surface area contributed by atoms with Crippen LogP contribution in [0.2, 0.25) is 0 Å². The molecule has 3 aromatic heterocycles. The van der Waals surface area contributed by atoms with E-state index >= 15 is 0 Å². The Morgan fingerprint density at radius 2 is 2.03 bits per heavy atom. The highest BCUT2D eigenvalue weighted by atomic mass is 16.5. The monoisotopic (exact) mass is 439 g/mol. The van der Waals surface area contributed by atoms with Crippen molar-refractivity contribution in [3.05, 3.63) is 78.4 Å². The summed E-state index contributed by atoms with van der Waals surface area (Å²) in [5.41, 5.74) is 12.4. The Kier molecular flexibility index (Phi) is 5.01. The first-order chi connectivity index (χ1) is 16.2. The number of morpholine rings is 1. The third-order valence-corrected chi connectivity index (χ3v) is 6.15. The summed E-state index contributed by atoms with van der Waals surface area (Å²) < 4.78 is 9.80. The maximum absolute atomic E-state index is 6.31. The van der Waals surface area contributed by atoms with Crippen LogP contribution in [-0.4, -0.2) is 50.2 Å². The molecule has 1 fully saturated rings. The minimum absolute atomic E-state index is 0.108. The molecule has 1 aliphatic heterocycles. The first-order valence-corrected chi connectivity index (χ1v) is 11.2. The van der Waals surface area contributed by atoms with Crippen LogP contribution < -0.4 is 11.1 Å². The molecule has 2 aromatic carbocycles. The lowest BCUT2D eigenvalue weighted by Crippen LogP contribution is -2.39. The van der Waals surface area contributed by atoms with Gasteiger partial charge in [-0.15, -0.1) is 0 Å². The molecule has 1 atom stereocenters. The van der Waals surface area contributed by atoms with Crippen LogP contribution in [0.5, 0.6) is 0 Å². The van der Waals surface area contributed by atoms with E-state index < -0.39 is 0 Å². The molecular formula is C25H25N7O. The van der Waals surface area contributed by atoms with Crippen LogP contribution in [0.3, 0.4) is 0 Å². The molecule has 0 amide bonds. The van der Waals surface area contributed by atoms with Crippen molar-refractivity contribution in [1.82, 2.24) is 29.7 Å². The number of rotatable bonds is 5. The van der Waals surface area contributed by atoms with Crippen molar-refractivity contribution in [2.24, 2.45) is 0 Å². The smallest absolute Gasteiger partial charge is 0.151 e. The van der Waals surface area contributed by atoms with E-state index in [1.807, 2.05) is 27.4 Å². The van der Waals surface area contributed by atoms with Gasteiger partial charge in [-0.05, 0) is 23.3 Å². The second-order valence-electron chi connectivity index (χ2n) is 8.44. The number of hydrogen-bond donors (Lipinski definition) is 2. The molecule has 4 heterocycles. The van der Waals surface area contributed by atoms with Crippen LogP contribution in [0, 0.1) is 0 Å². The van der Waals surface area contributed by atoms with Crippen LogP contribution in [0.4, 0.5) is 5.82 Å². The molecule has 6 rings (SSSR count). The van der Waals surface area contributed by atoms with Gasteiger partial charge in [0.05, 0.1) is 24.8 Å². The number of nitrogens with zero attached hydrogens (tertiary/aromatic N) is 5. The van der Waals surface area contributed by atoms with E-state index in [2.05, 4.69) is 58.0 Å². The lowest BCUT2D eigenvalue weighted by Gasteiger charge is -2.23. The average molecular weight is 440 g/mol. The van der Waals surface area contributed by atoms with E-state index in [0.717, 1.165) is 65.9 Å². The van der Waals surface area contributed by atoms with E-state index in [1.54, 1.807) is 0 Å². The maximum atomic E-state index is 6.31. The average Bonchev–Trinajstić information content (AvgIpc) is 3.41. The van der Waals surface area contributed by atoms with Gasteiger partial charge in [0.15, 0.2) is 5.82 Å². The molecule has 8 heteroatoms. The van der Waals surface area contributed by atoms with Crippen molar-refractivity contribution < 1.29 is 4.74 Å². The number of nitrogens with two attached hydrogens (primary N) is 1. The Morgan fingerprint density at radius 1 is 1.12 bits per heavy atom. The zero-order valence-electron chi connectivity index (χ0n) is 18.2. The molecule has 166 valence electrons. The van der Waals surface area contributed by atoms with Gasteiger partial charge in [0.2, 0.25) is 0 Å². The van der Waals surface area contributed by atoms with E-state index in [0.29, 0.717) is 5.82 Å². The van der Waals surface area contributed by atoms with Crippen molar-refractivity contribution in [3.63, 3.8) is 0 Å². The first kappa shape index (κ1) is 19.9. The van der Waals surface area contributed by atoms with Gasteiger partial charge in [-0.25, -0.2) is 9.50 Å². The zero-order valence-corrected chi connectivity index (χ0v) is 18.2. The lowest BCUT2D eigenvalue weighted by atomic mass is 10.0. The summed E-state index contributed by atoms with van der Waals surface area (Å²) in [4.78, 5) is 4.25. The number of nitrogen functional groups attached to an aromatic ring is 1. The van der Waals surface area contributed by atoms with E-state index in [1.165, 1.54) is 11.9 Å². The molecule has 1 aliphatic rings. The third-order valence-electron chi connectivity index (χ3n) is 6.15. The number of fused-ring (bicyclic) bond motifs is 2. The predicted octanol–water partition coefficient (Wildman–Crippen LogP) is 2.91. The minimum Gasteiger partial charge on any atom is -0.382 e. The van der Waals surface area contributed by atoms with Crippen LogP contribution in [0.15, 0.2) is 67.1 Å². The molecule has 3 N–H and O–H groups in total. The minimum atomic E-state index is 0.108. The second kappa shape index (κ2) is 8.31. The largest absolute Gasteiger partial charge is 0.382 e. The summed E-state index contributed by atoms with van der Waals surface area (Å²) in [6, 6.07) is 18.8. The quantitative estimate of drug-likeness (QED) is 0.437. The van der Waals surface area contributed by atoms with Crippen LogP contribution >= 0.6 is 0 Å². The number of hydrogen-bond acceptors (Lipinski definition) is 6. The van der Waals surface area contributed by atoms with E-state index in [9.17, 15) is 0 Å². The third kappa shape index (κ3) is 3.83. The zero-order chi connectivity index (χ0) is 22.2. The van der Waals surface area contributed by atoms with Crippen molar-refractivity contribution in [2.45, 2.75) is 19.1 Å². The Labute approximate surface area is 191 Å². The summed E-state index contributed by atoms with van der Waals surface area (Å²) >= 11 is 0. The molecule has 33 heavy (non-hydrogen) atoms. The summed E-state index contributed by atoms with van der Waals surface area (Å²) in [6.07, 6.45) is 4.44. The van der Waals surface area contributed by atoms with Crippen LogP contribution in [0.25, 0.3) is 27.5 Å². The van der Waals surface area contributed by atoms with Gasteiger partial charge in [-0.2, -0.15) is 10.2 Å². The fourth-order valence-corrected chi connectivity index (χ4v) is 4.57. The highest BCUT2D eigenvalue weighted by Gasteiger charge is 2.20. The number of anilines is 1. The van der Waals surface area contributed by atoms with Gasteiger partial charge in [0.25, 0.3) is 0 Å².